The molecule has 3 aromatic rings. The number of rotatable bonds is 7. The number of aryl methyl sites for hydroxylation is 1. The Morgan fingerprint density at radius 3 is 2.53 bits per heavy atom. The van der Waals surface area contributed by atoms with E-state index >= 15 is 0 Å². The van der Waals surface area contributed by atoms with E-state index in [0.29, 0.717) is 11.4 Å². The van der Waals surface area contributed by atoms with Gasteiger partial charge in [-0.1, -0.05) is 0 Å². The summed E-state index contributed by atoms with van der Waals surface area (Å²) in [6, 6.07) is 7.43. The summed E-state index contributed by atoms with van der Waals surface area (Å²) >= 11 is 0. The molecule has 30 heavy (non-hydrogen) atoms. The molecule has 1 aromatic carbocycles. The normalized spacial score (nSPS) is 11.5. The number of nitrogens with one attached hydrogen (secondary N) is 1. The molecule has 1 unspecified atom stereocenters. The largest absolute Gasteiger partial charge is 0.455 e. The van der Waals surface area contributed by atoms with E-state index in [0.717, 1.165) is 0 Å². The maximum Gasteiger partial charge on any atom is 0.390 e. The van der Waals surface area contributed by atoms with Crippen LogP contribution in [0.25, 0.3) is 0 Å². The minimum absolute atomic E-state index is 0.124. The Morgan fingerprint density at radius 1 is 1.17 bits per heavy atom. The number of non-ortho nitro benzene ring substituents is 1. The van der Waals surface area contributed by atoms with Crippen LogP contribution in [0.2, 0.25) is 0 Å². The number of aromatic nitrogens is 3. The fourth-order valence-electron chi connectivity index (χ4n) is 2.67. The Kier molecular flexibility index (Phi) is 5.67. The van der Waals surface area contributed by atoms with Crippen molar-refractivity contribution < 1.29 is 19.4 Å². The van der Waals surface area contributed by atoms with Gasteiger partial charge in [0.15, 0.2) is 0 Å². The number of anilines is 1. The van der Waals surface area contributed by atoms with Crippen molar-refractivity contribution in [2.24, 2.45) is 0 Å². The Bertz CT molecular complexity index is 1110. The van der Waals surface area contributed by atoms with Gasteiger partial charge in [0, 0.05) is 18.3 Å². The van der Waals surface area contributed by atoms with E-state index in [2.05, 4.69) is 15.4 Å². The van der Waals surface area contributed by atoms with Gasteiger partial charge in [0.05, 0.1) is 39.7 Å². The van der Waals surface area contributed by atoms with Gasteiger partial charge in [-0.05, 0) is 30.9 Å². The van der Waals surface area contributed by atoms with Gasteiger partial charge >= 0.3 is 5.82 Å². The van der Waals surface area contributed by atoms with Crippen LogP contribution in [0.3, 0.4) is 0 Å². The van der Waals surface area contributed by atoms with Gasteiger partial charge in [0.2, 0.25) is 0 Å². The van der Waals surface area contributed by atoms with E-state index in [1.807, 2.05) is 0 Å². The highest BCUT2D eigenvalue weighted by Crippen LogP contribution is 2.30. The summed E-state index contributed by atoms with van der Waals surface area (Å²) < 4.78 is 6.78. The summed E-state index contributed by atoms with van der Waals surface area (Å²) in [5, 5.41) is 28.5. The SMILES string of the molecule is Cc1cc([N+](=O)[O-])nn1C(C)C(=O)Nc1cc(Oc2cccnc2)cc([N+](=O)[O-])c1. The highest BCUT2D eigenvalue weighted by Gasteiger charge is 2.25. The van der Waals surface area contributed by atoms with Gasteiger partial charge < -0.3 is 20.2 Å². The zero-order valence-electron chi connectivity index (χ0n) is 15.9. The van der Waals surface area contributed by atoms with Gasteiger partial charge in [-0.15, -0.1) is 0 Å². The molecule has 1 N–H and O–H groups in total. The minimum Gasteiger partial charge on any atom is -0.455 e. The lowest BCUT2D eigenvalue weighted by Crippen LogP contribution is -2.25. The molecule has 2 heterocycles. The first-order valence-electron chi connectivity index (χ1n) is 8.63. The van der Waals surface area contributed by atoms with Gasteiger partial charge in [0.1, 0.15) is 17.5 Å². The summed E-state index contributed by atoms with van der Waals surface area (Å²) in [6.07, 6.45) is 2.99. The lowest BCUT2D eigenvalue weighted by Gasteiger charge is -2.13. The second-order valence-electron chi connectivity index (χ2n) is 6.27. The smallest absolute Gasteiger partial charge is 0.390 e. The van der Waals surface area contributed by atoms with Crippen molar-refractivity contribution in [3.8, 4) is 11.5 Å². The number of carbonyl (C=O) groups excluding carboxylic acids is 1. The van der Waals surface area contributed by atoms with Crippen molar-refractivity contribution in [3.05, 3.63) is 74.7 Å². The molecule has 0 aliphatic rings. The van der Waals surface area contributed by atoms with E-state index in [-0.39, 0.29) is 22.9 Å². The van der Waals surface area contributed by atoms with E-state index < -0.39 is 21.8 Å². The average Bonchev–Trinajstić information content (AvgIpc) is 3.10. The molecule has 154 valence electrons. The van der Waals surface area contributed by atoms with Gasteiger partial charge in [0.25, 0.3) is 11.6 Å². The summed E-state index contributed by atoms with van der Waals surface area (Å²) in [4.78, 5) is 37.4. The Morgan fingerprint density at radius 2 is 1.93 bits per heavy atom. The summed E-state index contributed by atoms with van der Waals surface area (Å²) in [7, 11) is 0. The maximum absolute atomic E-state index is 12.6. The molecule has 0 bridgehead atoms. The molecule has 2 aromatic heterocycles. The first-order valence-corrected chi connectivity index (χ1v) is 8.63. The highest BCUT2D eigenvalue weighted by molar-refractivity contribution is 5.94. The van der Waals surface area contributed by atoms with Crippen LogP contribution in [0.1, 0.15) is 18.7 Å². The van der Waals surface area contributed by atoms with Gasteiger partial charge in [-0.25, -0.2) is 0 Å². The quantitative estimate of drug-likeness (QED) is 0.457. The molecule has 12 heteroatoms. The molecule has 0 aliphatic heterocycles. The number of hydrogen-bond donors (Lipinski definition) is 1. The van der Waals surface area contributed by atoms with Crippen molar-refractivity contribution >= 4 is 23.1 Å². The van der Waals surface area contributed by atoms with E-state index in [9.17, 15) is 25.0 Å². The van der Waals surface area contributed by atoms with E-state index in [1.54, 1.807) is 25.3 Å². The number of amides is 1. The lowest BCUT2D eigenvalue weighted by molar-refractivity contribution is -0.389. The van der Waals surface area contributed by atoms with Crippen molar-refractivity contribution in [1.82, 2.24) is 14.8 Å². The number of ether oxygens (including phenoxy) is 1. The van der Waals surface area contributed by atoms with Gasteiger partial charge in [-0.2, -0.15) is 4.68 Å². The molecule has 1 atom stereocenters. The summed E-state index contributed by atoms with van der Waals surface area (Å²) in [6.45, 7) is 3.08. The monoisotopic (exact) mass is 412 g/mol. The lowest BCUT2D eigenvalue weighted by atomic mass is 10.2. The van der Waals surface area contributed by atoms with Crippen molar-refractivity contribution in [2.45, 2.75) is 19.9 Å². The zero-order chi connectivity index (χ0) is 21.8. The van der Waals surface area contributed by atoms with Crippen molar-refractivity contribution in [2.75, 3.05) is 5.32 Å². The number of nitro benzene ring substituents is 1. The van der Waals surface area contributed by atoms with Crippen LogP contribution in [0.4, 0.5) is 17.2 Å². The molecule has 0 spiro atoms. The number of hydrogen-bond acceptors (Lipinski definition) is 8. The van der Waals surface area contributed by atoms with Crippen LogP contribution >= 0.6 is 0 Å². The molecule has 0 fully saturated rings. The van der Waals surface area contributed by atoms with Gasteiger partial charge in [-0.3, -0.25) is 19.9 Å². The van der Waals surface area contributed by atoms with Crippen LogP contribution in [0.5, 0.6) is 11.5 Å². The third-order valence-corrected chi connectivity index (χ3v) is 4.08. The Balaban J connectivity index is 1.85. The minimum atomic E-state index is -0.902. The molecule has 0 aliphatic carbocycles. The maximum atomic E-state index is 12.6. The number of carbonyl (C=O) groups is 1. The first kappa shape index (κ1) is 20.4. The predicted octanol–water partition coefficient (Wildman–Crippen LogP) is 3.39. The molecular formula is C18H16N6O6. The second kappa shape index (κ2) is 8.34. The molecule has 0 saturated carbocycles. The predicted molar refractivity (Wildman–Crippen MR) is 104 cm³/mol. The molecule has 3 rings (SSSR count). The van der Waals surface area contributed by atoms with Crippen LogP contribution in [0, 0.1) is 27.2 Å². The summed E-state index contributed by atoms with van der Waals surface area (Å²) in [5.41, 5.74) is 0.258. The Labute approximate surface area is 169 Å². The van der Waals surface area contributed by atoms with Crippen LogP contribution in [-0.4, -0.2) is 30.5 Å². The van der Waals surface area contributed by atoms with Crippen LogP contribution in [0.15, 0.2) is 48.8 Å². The topological polar surface area (TPSA) is 155 Å². The molecule has 1 amide bonds. The van der Waals surface area contributed by atoms with E-state index in [1.165, 1.54) is 42.1 Å². The highest BCUT2D eigenvalue weighted by atomic mass is 16.6. The second-order valence-corrected chi connectivity index (χ2v) is 6.27. The molecule has 12 nitrogen and oxygen atoms in total. The first-order chi connectivity index (χ1) is 14.2. The zero-order valence-corrected chi connectivity index (χ0v) is 15.9. The standard InChI is InChI=1S/C18H16N6O6/c1-11-6-17(24(28)29)21-22(11)12(2)18(25)20-13-7-14(23(26)27)9-16(8-13)30-15-4-3-5-19-10-15/h3-10,12H,1-2H3,(H,20,25). The molecular weight excluding hydrogens is 396 g/mol. The van der Waals surface area contributed by atoms with Crippen molar-refractivity contribution in [1.29, 1.82) is 0 Å². The summed E-state index contributed by atoms with van der Waals surface area (Å²) in [5.74, 6) is -0.451. The third kappa shape index (κ3) is 4.55. The number of nitro groups is 2. The van der Waals surface area contributed by atoms with Crippen LogP contribution < -0.4 is 10.1 Å². The van der Waals surface area contributed by atoms with Crippen molar-refractivity contribution in [3.63, 3.8) is 0 Å². The Hall–Kier alpha value is -4.35. The number of benzene rings is 1. The fraction of sp³-hybridized carbons (Fsp3) is 0.167. The fourth-order valence-corrected chi connectivity index (χ4v) is 2.67. The number of pyridine rings is 1. The number of nitrogens with zero attached hydrogens (tertiary/aromatic N) is 5. The van der Waals surface area contributed by atoms with Crippen LogP contribution in [-0.2, 0) is 4.79 Å². The average molecular weight is 412 g/mol. The molecule has 0 saturated heterocycles. The molecule has 0 radical (unpaired) electrons. The third-order valence-electron chi connectivity index (χ3n) is 4.08. The van der Waals surface area contributed by atoms with E-state index in [4.69, 9.17) is 4.74 Å².